The van der Waals surface area contributed by atoms with E-state index in [4.69, 9.17) is 18.9 Å². The lowest BCUT2D eigenvalue weighted by molar-refractivity contribution is -0.278. The van der Waals surface area contributed by atoms with Gasteiger partial charge in [-0.3, -0.25) is 0 Å². The van der Waals surface area contributed by atoms with E-state index in [1.165, 1.54) is 0 Å². The maximum absolute atomic E-state index is 12.5. The Morgan fingerprint density at radius 1 is 1.00 bits per heavy atom. The van der Waals surface area contributed by atoms with Gasteiger partial charge in [-0.25, -0.2) is 4.79 Å². The molecule has 1 aliphatic rings. The summed E-state index contributed by atoms with van der Waals surface area (Å²) in [5.41, 5.74) is 1.91. The maximum atomic E-state index is 12.5. The first-order chi connectivity index (χ1) is 16.7. The molecule has 3 aromatic carbocycles. The van der Waals surface area contributed by atoms with Crippen molar-refractivity contribution in [2.24, 2.45) is 0 Å². The quantitative estimate of drug-likeness (QED) is 0.321. The fourth-order valence-electron chi connectivity index (χ4n) is 3.64. The zero-order valence-corrected chi connectivity index (χ0v) is 19.9. The van der Waals surface area contributed by atoms with Crippen LogP contribution >= 0.6 is 11.8 Å². The van der Waals surface area contributed by atoms with Crippen LogP contribution in [0.4, 0.5) is 4.79 Å². The van der Waals surface area contributed by atoms with Gasteiger partial charge in [-0.2, -0.15) is 0 Å². The van der Waals surface area contributed by atoms with E-state index < -0.39 is 24.6 Å². The van der Waals surface area contributed by atoms with E-state index in [0.29, 0.717) is 19.1 Å². The summed E-state index contributed by atoms with van der Waals surface area (Å²) in [4.78, 5) is 13.6. The molecule has 1 heterocycles. The lowest BCUT2D eigenvalue weighted by atomic mass is 10.1. The molecular formula is C27H29NO5S. The van der Waals surface area contributed by atoms with Gasteiger partial charge in [-0.1, -0.05) is 90.6 Å². The first-order valence-electron chi connectivity index (χ1n) is 11.3. The van der Waals surface area contributed by atoms with Crippen LogP contribution in [-0.2, 0) is 25.5 Å². The van der Waals surface area contributed by atoms with Gasteiger partial charge in [-0.15, -0.1) is 0 Å². The third-order valence-electron chi connectivity index (χ3n) is 5.42. The molecule has 2 unspecified atom stereocenters. The molecule has 1 N–H and O–H groups in total. The number of ether oxygens (including phenoxy) is 4. The van der Waals surface area contributed by atoms with Crippen molar-refractivity contribution in [3.63, 3.8) is 0 Å². The number of carbonyl (C=O) groups is 1. The molecule has 4 rings (SSSR count). The molecule has 0 bridgehead atoms. The minimum absolute atomic E-state index is 0.332. The monoisotopic (exact) mass is 479 g/mol. The van der Waals surface area contributed by atoms with Gasteiger partial charge in [0.05, 0.1) is 12.5 Å². The molecule has 0 aliphatic carbocycles. The summed E-state index contributed by atoms with van der Waals surface area (Å²) in [6.07, 6.45) is -2.46. The zero-order valence-electron chi connectivity index (χ0n) is 19.0. The predicted octanol–water partition coefficient (Wildman–Crippen LogP) is 5.55. The van der Waals surface area contributed by atoms with E-state index in [9.17, 15) is 4.79 Å². The van der Waals surface area contributed by atoms with Gasteiger partial charge in [-0.05, 0) is 24.6 Å². The number of thioether (sulfide) groups is 1. The number of hydrogen-bond donors (Lipinski definition) is 1. The molecule has 34 heavy (non-hydrogen) atoms. The zero-order chi connectivity index (χ0) is 23.6. The second-order valence-corrected chi connectivity index (χ2v) is 8.90. The number of rotatable bonds is 9. The highest BCUT2D eigenvalue weighted by molar-refractivity contribution is 7.99. The van der Waals surface area contributed by atoms with Gasteiger partial charge >= 0.3 is 6.09 Å². The van der Waals surface area contributed by atoms with Crippen molar-refractivity contribution in [1.29, 1.82) is 0 Å². The maximum Gasteiger partial charge on any atom is 0.407 e. The molecular weight excluding hydrogens is 450 g/mol. The number of amides is 1. The third-order valence-corrected chi connectivity index (χ3v) is 6.28. The Morgan fingerprint density at radius 2 is 1.65 bits per heavy atom. The Balaban J connectivity index is 1.36. The highest BCUT2D eigenvalue weighted by atomic mass is 32.2. The highest BCUT2D eigenvalue weighted by Gasteiger charge is 2.38. The van der Waals surface area contributed by atoms with Gasteiger partial charge in [0.1, 0.15) is 18.3 Å². The van der Waals surface area contributed by atoms with Crippen LogP contribution in [-0.4, -0.2) is 37.0 Å². The summed E-state index contributed by atoms with van der Waals surface area (Å²) in [6, 6.07) is 29.5. The summed E-state index contributed by atoms with van der Waals surface area (Å²) in [5.74, 6) is 0.431. The van der Waals surface area contributed by atoms with Crippen molar-refractivity contribution >= 4 is 17.9 Å². The molecule has 0 radical (unpaired) electrons. The second-order valence-electron chi connectivity index (χ2n) is 7.91. The summed E-state index contributed by atoms with van der Waals surface area (Å²) in [6.45, 7) is 2.54. The molecule has 6 nitrogen and oxygen atoms in total. The number of benzene rings is 3. The molecule has 0 saturated carbocycles. The molecule has 1 amide bonds. The largest absolute Gasteiger partial charge is 0.444 e. The summed E-state index contributed by atoms with van der Waals surface area (Å²) in [7, 11) is 0. The van der Waals surface area contributed by atoms with E-state index in [1.54, 1.807) is 11.8 Å². The van der Waals surface area contributed by atoms with Crippen LogP contribution in [0.2, 0.25) is 0 Å². The highest BCUT2D eigenvalue weighted by Crippen LogP contribution is 2.31. The van der Waals surface area contributed by atoms with Crippen LogP contribution in [0.5, 0.6) is 0 Å². The Hall–Kier alpha value is -2.84. The fourth-order valence-corrected chi connectivity index (χ4v) is 4.37. The topological polar surface area (TPSA) is 66.0 Å². The summed E-state index contributed by atoms with van der Waals surface area (Å²) >= 11 is 1.59. The number of nitrogens with one attached hydrogen (secondary N) is 1. The van der Waals surface area contributed by atoms with Crippen LogP contribution < -0.4 is 5.32 Å². The van der Waals surface area contributed by atoms with Gasteiger partial charge in [0.2, 0.25) is 0 Å². The lowest BCUT2D eigenvalue weighted by Gasteiger charge is -2.38. The summed E-state index contributed by atoms with van der Waals surface area (Å²) in [5, 5.41) is 2.80. The molecule has 7 heteroatoms. The van der Waals surface area contributed by atoms with Crippen LogP contribution in [0, 0.1) is 0 Å². The normalized spacial score (nSPS) is 20.9. The SMILES string of the molecule is C[C@@H](OC(=O)NCc1ccccc1)[C@@H]1OC(c2ccccc2)OCC1OCSc1ccccc1. The Labute approximate surface area is 204 Å². The standard InChI is InChI=1S/C27H29NO5S/c1-20(32-27(29)28-17-21-11-5-2-6-12-21)25-24(31-19-34-23-15-9-4-10-16-23)18-30-26(33-25)22-13-7-3-8-14-22/h2-16,20,24-26H,17-19H2,1H3,(H,28,29)/t20-,24?,25+,26?/m1/s1. The van der Waals surface area contributed by atoms with E-state index in [-0.39, 0.29) is 6.10 Å². The molecule has 178 valence electrons. The van der Waals surface area contributed by atoms with Crippen molar-refractivity contribution in [3.05, 3.63) is 102 Å². The molecule has 1 saturated heterocycles. The average Bonchev–Trinajstić information content (AvgIpc) is 2.89. The number of hydrogen-bond acceptors (Lipinski definition) is 6. The van der Waals surface area contributed by atoms with Gasteiger partial charge < -0.3 is 24.3 Å². The molecule has 3 aromatic rings. The Morgan fingerprint density at radius 3 is 2.35 bits per heavy atom. The fraction of sp³-hybridized carbons (Fsp3) is 0.296. The Kier molecular flexibility index (Phi) is 8.98. The van der Waals surface area contributed by atoms with Crippen LogP contribution in [0.1, 0.15) is 24.3 Å². The minimum atomic E-state index is -0.550. The van der Waals surface area contributed by atoms with Crippen LogP contribution in [0.25, 0.3) is 0 Å². The van der Waals surface area contributed by atoms with Crippen molar-refractivity contribution in [2.75, 3.05) is 12.5 Å². The van der Waals surface area contributed by atoms with Gasteiger partial charge in [0.15, 0.2) is 6.29 Å². The molecule has 0 spiro atoms. The third kappa shape index (κ3) is 7.08. The molecule has 1 fully saturated rings. The minimum Gasteiger partial charge on any atom is -0.444 e. The Bertz CT molecular complexity index is 1000. The van der Waals surface area contributed by atoms with Crippen molar-refractivity contribution in [3.8, 4) is 0 Å². The van der Waals surface area contributed by atoms with Crippen LogP contribution in [0.15, 0.2) is 95.9 Å². The van der Waals surface area contributed by atoms with Gasteiger partial charge in [0.25, 0.3) is 0 Å². The predicted molar refractivity (Wildman–Crippen MR) is 131 cm³/mol. The second kappa shape index (κ2) is 12.6. The van der Waals surface area contributed by atoms with Gasteiger partial charge in [0, 0.05) is 17.0 Å². The first-order valence-corrected chi connectivity index (χ1v) is 12.3. The van der Waals surface area contributed by atoms with Crippen molar-refractivity contribution in [1.82, 2.24) is 5.32 Å². The average molecular weight is 480 g/mol. The number of alkyl carbamates (subject to hydrolysis) is 1. The smallest absolute Gasteiger partial charge is 0.407 e. The van der Waals surface area contributed by atoms with E-state index in [0.717, 1.165) is 16.0 Å². The van der Waals surface area contributed by atoms with Crippen LogP contribution in [0.3, 0.4) is 0 Å². The van der Waals surface area contributed by atoms with E-state index >= 15 is 0 Å². The summed E-state index contributed by atoms with van der Waals surface area (Å²) < 4.78 is 24.0. The van der Waals surface area contributed by atoms with Crippen molar-refractivity contribution in [2.45, 2.75) is 43.0 Å². The molecule has 1 aliphatic heterocycles. The first kappa shape index (κ1) is 24.3. The lowest BCUT2D eigenvalue weighted by Crippen LogP contribution is -2.49. The molecule has 4 atom stereocenters. The van der Waals surface area contributed by atoms with Crippen molar-refractivity contribution < 1.29 is 23.7 Å². The van der Waals surface area contributed by atoms with E-state index in [2.05, 4.69) is 5.32 Å². The number of carbonyl (C=O) groups excluding carboxylic acids is 1. The van der Waals surface area contributed by atoms with E-state index in [1.807, 2.05) is 97.9 Å². The molecule has 0 aromatic heterocycles.